The van der Waals surface area contributed by atoms with Gasteiger partial charge in [-0.15, -0.1) is 0 Å². The van der Waals surface area contributed by atoms with Crippen LogP contribution in [0.1, 0.15) is 29.7 Å². The highest BCUT2D eigenvalue weighted by Crippen LogP contribution is 2.21. The van der Waals surface area contributed by atoms with Crippen molar-refractivity contribution in [2.24, 2.45) is 0 Å². The van der Waals surface area contributed by atoms with Gasteiger partial charge in [0.2, 0.25) is 0 Å². The van der Waals surface area contributed by atoms with Crippen molar-refractivity contribution in [1.29, 1.82) is 0 Å². The van der Waals surface area contributed by atoms with E-state index in [2.05, 4.69) is 0 Å². The number of aryl methyl sites for hydroxylation is 2. The molecule has 2 nitrogen and oxygen atoms in total. The maximum atomic E-state index is 11.0. The van der Waals surface area contributed by atoms with Gasteiger partial charge in [-0.25, -0.2) is 4.79 Å². The Labute approximate surface area is 71.2 Å². The molecule has 0 spiro atoms. The second-order valence-corrected chi connectivity index (χ2v) is 3.33. The molecule has 1 aliphatic rings. The summed E-state index contributed by atoms with van der Waals surface area (Å²) in [5, 5.41) is 0. The van der Waals surface area contributed by atoms with E-state index in [9.17, 15) is 4.79 Å². The molecule has 0 bridgehead atoms. The van der Waals surface area contributed by atoms with E-state index in [1.807, 2.05) is 6.92 Å². The van der Waals surface area contributed by atoms with Crippen LogP contribution < -0.4 is 5.63 Å². The monoisotopic (exact) mass is 164 g/mol. The van der Waals surface area contributed by atoms with Crippen molar-refractivity contribution >= 4 is 0 Å². The van der Waals surface area contributed by atoms with Gasteiger partial charge in [0.1, 0.15) is 5.76 Å². The molecular weight excluding hydrogens is 152 g/mol. The van der Waals surface area contributed by atoms with Crippen LogP contribution in [0.3, 0.4) is 0 Å². The minimum atomic E-state index is -0.201. The number of hydrogen-bond donors (Lipinski definition) is 0. The maximum absolute atomic E-state index is 11.0. The molecule has 64 valence electrons. The zero-order valence-corrected chi connectivity index (χ0v) is 7.22. The third-order valence-corrected chi connectivity index (χ3v) is 2.48. The first-order chi connectivity index (χ1) is 5.77. The van der Waals surface area contributed by atoms with Crippen LogP contribution in [0.5, 0.6) is 0 Å². The van der Waals surface area contributed by atoms with Gasteiger partial charge in [-0.05, 0) is 43.7 Å². The summed E-state index contributed by atoms with van der Waals surface area (Å²) in [4.78, 5) is 11.0. The van der Waals surface area contributed by atoms with Crippen LogP contribution in [0, 0.1) is 6.92 Å². The van der Waals surface area contributed by atoms with Gasteiger partial charge in [-0.2, -0.15) is 0 Å². The fraction of sp³-hybridized carbons (Fsp3) is 0.500. The van der Waals surface area contributed by atoms with E-state index in [1.54, 1.807) is 6.07 Å². The van der Waals surface area contributed by atoms with Crippen molar-refractivity contribution in [3.63, 3.8) is 0 Å². The van der Waals surface area contributed by atoms with Gasteiger partial charge in [0, 0.05) is 6.07 Å². The summed E-state index contributed by atoms with van der Waals surface area (Å²) in [6, 6.07) is 1.64. The van der Waals surface area contributed by atoms with Gasteiger partial charge in [-0.3, -0.25) is 0 Å². The normalized spacial score (nSPS) is 15.8. The molecule has 0 saturated carbocycles. The summed E-state index contributed by atoms with van der Waals surface area (Å²) in [7, 11) is 0. The van der Waals surface area contributed by atoms with Gasteiger partial charge < -0.3 is 4.42 Å². The molecule has 12 heavy (non-hydrogen) atoms. The molecule has 0 fully saturated rings. The topological polar surface area (TPSA) is 30.2 Å². The summed E-state index contributed by atoms with van der Waals surface area (Å²) >= 11 is 0. The highest BCUT2D eigenvalue weighted by molar-refractivity contribution is 5.29. The molecule has 0 radical (unpaired) electrons. The van der Waals surface area contributed by atoms with Gasteiger partial charge in [-0.1, -0.05) is 0 Å². The van der Waals surface area contributed by atoms with E-state index in [0.29, 0.717) is 0 Å². The van der Waals surface area contributed by atoms with Crippen molar-refractivity contribution in [1.82, 2.24) is 0 Å². The predicted octanol–water partition coefficient (Wildman–Crippen LogP) is 1.83. The molecule has 0 N–H and O–H groups in total. The molecular formula is C10H12O2. The molecule has 2 rings (SSSR count). The third-order valence-electron chi connectivity index (χ3n) is 2.48. The van der Waals surface area contributed by atoms with Gasteiger partial charge >= 0.3 is 5.63 Å². The quantitative estimate of drug-likeness (QED) is 0.585. The summed E-state index contributed by atoms with van der Waals surface area (Å²) in [6.07, 6.45) is 4.55. The summed E-state index contributed by atoms with van der Waals surface area (Å²) in [5.74, 6) is 0.817. The van der Waals surface area contributed by atoms with Gasteiger partial charge in [0.25, 0.3) is 0 Å². The molecule has 1 aromatic heterocycles. The Bertz CT molecular complexity index is 349. The molecule has 0 aromatic carbocycles. The Kier molecular flexibility index (Phi) is 1.75. The maximum Gasteiger partial charge on any atom is 0.336 e. The number of rotatable bonds is 0. The van der Waals surface area contributed by atoms with Crippen molar-refractivity contribution < 1.29 is 4.42 Å². The summed E-state index contributed by atoms with van der Waals surface area (Å²) in [6.45, 7) is 1.88. The van der Waals surface area contributed by atoms with E-state index < -0.39 is 0 Å². The van der Waals surface area contributed by atoms with Crippen molar-refractivity contribution in [3.05, 3.63) is 33.4 Å². The van der Waals surface area contributed by atoms with Gasteiger partial charge in [0.15, 0.2) is 0 Å². The summed E-state index contributed by atoms with van der Waals surface area (Å²) in [5.41, 5.74) is 2.27. The van der Waals surface area contributed by atoms with Crippen LogP contribution in [0.4, 0.5) is 0 Å². The van der Waals surface area contributed by atoms with E-state index in [0.717, 1.165) is 18.6 Å². The highest BCUT2D eigenvalue weighted by atomic mass is 16.4. The van der Waals surface area contributed by atoms with E-state index in [-0.39, 0.29) is 5.63 Å². The Morgan fingerprint density at radius 1 is 1.33 bits per heavy atom. The number of fused-ring (bicyclic) bond motifs is 1. The van der Waals surface area contributed by atoms with Gasteiger partial charge in [0.05, 0.1) is 0 Å². The van der Waals surface area contributed by atoms with Crippen LogP contribution in [0.15, 0.2) is 15.3 Å². The van der Waals surface area contributed by atoms with E-state index in [4.69, 9.17) is 4.42 Å². The fourth-order valence-electron chi connectivity index (χ4n) is 1.87. The van der Waals surface area contributed by atoms with Crippen LogP contribution in [-0.2, 0) is 12.8 Å². The first-order valence-corrected chi connectivity index (χ1v) is 4.40. The first-order valence-electron chi connectivity index (χ1n) is 4.40. The number of hydrogen-bond acceptors (Lipinski definition) is 2. The van der Waals surface area contributed by atoms with Crippen LogP contribution in [0.2, 0.25) is 0 Å². The van der Waals surface area contributed by atoms with Crippen LogP contribution in [-0.4, -0.2) is 0 Å². The average Bonchev–Trinajstić information content (AvgIpc) is 2.04. The Morgan fingerprint density at radius 2 is 2.08 bits per heavy atom. The lowest BCUT2D eigenvalue weighted by Gasteiger charge is -2.15. The lowest BCUT2D eigenvalue weighted by Crippen LogP contribution is -2.10. The lowest BCUT2D eigenvalue weighted by atomic mass is 9.92. The molecule has 0 amide bonds. The molecule has 0 unspecified atom stereocenters. The van der Waals surface area contributed by atoms with Crippen LogP contribution >= 0.6 is 0 Å². The second kappa shape index (κ2) is 2.77. The molecule has 0 saturated heterocycles. The minimum Gasteiger partial charge on any atom is -0.428 e. The first kappa shape index (κ1) is 7.59. The van der Waals surface area contributed by atoms with Crippen molar-refractivity contribution in [2.45, 2.75) is 32.6 Å². The SMILES string of the molecule is Cc1oc(=O)cc2c1CCCC2. The van der Waals surface area contributed by atoms with Crippen LogP contribution in [0.25, 0.3) is 0 Å². The molecule has 0 atom stereocenters. The Morgan fingerprint density at radius 3 is 2.92 bits per heavy atom. The second-order valence-electron chi connectivity index (χ2n) is 3.33. The zero-order valence-electron chi connectivity index (χ0n) is 7.22. The van der Waals surface area contributed by atoms with E-state index in [1.165, 1.54) is 24.0 Å². The molecule has 2 heteroatoms. The lowest BCUT2D eigenvalue weighted by molar-refractivity contribution is 0.461. The Hall–Kier alpha value is -1.05. The predicted molar refractivity (Wildman–Crippen MR) is 46.4 cm³/mol. The summed E-state index contributed by atoms with van der Waals surface area (Å²) < 4.78 is 5.02. The average molecular weight is 164 g/mol. The van der Waals surface area contributed by atoms with E-state index >= 15 is 0 Å². The molecule has 1 aromatic rings. The van der Waals surface area contributed by atoms with Crippen molar-refractivity contribution in [2.75, 3.05) is 0 Å². The standard InChI is InChI=1S/C10H12O2/c1-7-9-5-3-2-4-8(9)6-10(11)12-7/h6H,2-5H2,1H3. The smallest absolute Gasteiger partial charge is 0.336 e. The van der Waals surface area contributed by atoms with Crippen molar-refractivity contribution in [3.8, 4) is 0 Å². The largest absolute Gasteiger partial charge is 0.428 e. The molecule has 1 heterocycles. The zero-order chi connectivity index (χ0) is 8.55. The highest BCUT2D eigenvalue weighted by Gasteiger charge is 2.13. The molecule has 1 aliphatic carbocycles. The fourth-order valence-corrected chi connectivity index (χ4v) is 1.87. The minimum absolute atomic E-state index is 0.201. The molecule has 0 aliphatic heterocycles. The Balaban J connectivity index is 2.60. The third kappa shape index (κ3) is 1.17.